The van der Waals surface area contributed by atoms with Gasteiger partial charge in [0, 0.05) is 64.1 Å². The van der Waals surface area contributed by atoms with E-state index in [2.05, 4.69) is 35.1 Å². The lowest BCUT2D eigenvalue weighted by molar-refractivity contribution is -0.232. The predicted molar refractivity (Wildman–Crippen MR) is 155 cm³/mol. The average Bonchev–Trinajstić information content (AvgIpc) is 3.48. The maximum Gasteiger partial charge on any atom is 0.111 e. The second-order valence-electron chi connectivity index (χ2n) is 10.7. The molecule has 5 rings (SSSR count). The number of aliphatic hydroxyl groups is 4. The fourth-order valence-corrected chi connectivity index (χ4v) is 5.12. The Bertz CT molecular complexity index is 1320. The van der Waals surface area contributed by atoms with Crippen molar-refractivity contribution in [2.45, 2.75) is 63.2 Å². The zero-order chi connectivity index (χ0) is 30.0. The summed E-state index contributed by atoms with van der Waals surface area (Å²) in [5.41, 5.74) is 3.59. The molecule has 0 radical (unpaired) electrons. The van der Waals surface area contributed by atoms with Crippen molar-refractivity contribution in [1.82, 2.24) is 39.7 Å². The average molecular weight is 591 g/mol. The molecule has 0 bridgehead atoms. The fraction of sp³-hybridized carbons (Fsp3) is 0.433. The van der Waals surface area contributed by atoms with E-state index in [0.717, 1.165) is 23.6 Å². The SMILES string of the molecule is OCC1O[C@H](Cn2cc(CN(CCN(Cc3ccccn3)Cc3ccccn3)Cc3ccccn3)nn2)[C@H](O)[C@H](O)[C@H]1O. The van der Waals surface area contributed by atoms with Crippen LogP contribution in [0.2, 0.25) is 0 Å². The summed E-state index contributed by atoms with van der Waals surface area (Å²) in [6.07, 6.45) is 1.12. The van der Waals surface area contributed by atoms with Crippen LogP contribution in [0.15, 0.2) is 79.4 Å². The molecule has 1 aliphatic heterocycles. The molecule has 0 saturated carbocycles. The normalized spacial score (nSPS) is 22.3. The van der Waals surface area contributed by atoms with Crippen LogP contribution in [0.4, 0.5) is 0 Å². The van der Waals surface area contributed by atoms with E-state index in [9.17, 15) is 20.4 Å². The molecule has 5 atom stereocenters. The third-order valence-corrected chi connectivity index (χ3v) is 7.40. The molecule has 4 N–H and O–H groups in total. The van der Waals surface area contributed by atoms with E-state index in [1.54, 1.807) is 24.8 Å². The molecular formula is C30H38N8O5. The van der Waals surface area contributed by atoms with Crippen LogP contribution < -0.4 is 0 Å². The van der Waals surface area contributed by atoms with Gasteiger partial charge in [0.25, 0.3) is 0 Å². The first-order chi connectivity index (χ1) is 21.0. The summed E-state index contributed by atoms with van der Waals surface area (Å²) in [5, 5.41) is 48.7. The Morgan fingerprint density at radius 3 is 1.60 bits per heavy atom. The molecule has 13 nitrogen and oxygen atoms in total. The van der Waals surface area contributed by atoms with Crippen molar-refractivity contribution in [3.05, 3.63) is 102 Å². The van der Waals surface area contributed by atoms with Gasteiger partial charge in [-0.3, -0.25) is 24.8 Å². The number of nitrogens with zero attached hydrogens (tertiary/aromatic N) is 8. The maximum atomic E-state index is 10.4. The van der Waals surface area contributed by atoms with Crippen molar-refractivity contribution in [2.24, 2.45) is 0 Å². The number of rotatable bonds is 14. The van der Waals surface area contributed by atoms with Crippen LogP contribution >= 0.6 is 0 Å². The van der Waals surface area contributed by atoms with E-state index >= 15 is 0 Å². The topological polar surface area (TPSA) is 166 Å². The minimum atomic E-state index is -1.44. The zero-order valence-electron chi connectivity index (χ0n) is 23.8. The highest BCUT2D eigenvalue weighted by Gasteiger charge is 2.43. The van der Waals surface area contributed by atoms with Gasteiger partial charge in [0.2, 0.25) is 0 Å². The molecule has 1 saturated heterocycles. The summed E-state index contributed by atoms with van der Waals surface area (Å²) >= 11 is 0. The largest absolute Gasteiger partial charge is 0.394 e. The van der Waals surface area contributed by atoms with Gasteiger partial charge in [-0.25, -0.2) is 4.68 Å². The molecule has 1 aliphatic rings. The van der Waals surface area contributed by atoms with Crippen molar-refractivity contribution < 1.29 is 25.2 Å². The van der Waals surface area contributed by atoms with Gasteiger partial charge in [0.05, 0.1) is 35.9 Å². The first-order valence-corrected chi connectivity index (χ1v) is 14.3. The second kappa shape index (κ2) is 15.2. The number of aromatic nitrogens is 6. The van der Waals surface area contributed by atoms with Gasteiger partial charge in [-0.05, 0) is 36.4 Å². The van der Waals surface area contributed by atoms with Crippen LogP contribution in [-0.2, 0) is 37.5 Å². The van der Waals surface area contributed by atoms with E-state index in [1.807, 2.05) is 54.6 Å². The van der Waals surface area contributed by atoms with E-state index in [0.29, 0.717) is 38.4 Å². The Morgan fingerprint density at radius 2 is 1.14 bits per heavy atom. The molecule has 1 unspecified atom stereocenters. The molecule has 0 amide bonds. The van der Waals surface area contributed by atoms with Gasteiger partial charge >= 0.3 is 0 Å². The van der Waals surface area contributed by atoms with E-state index in [4.69, 9.17) is 4.74 Å². The smallest absolute Gasteiger partial charge is 0.111 e. The lowest BCUT2D eigenvalue weighted by atomic mass is 9.95. The third kappa shape index (κ3) is 8.67. The van der Waals surface area contributed by atoms with Crippen LogP contribution in [0.1, 0.15) is 22.8 Å². The molecule has 43 heavy (non-hydrogen) atoms. The summed E-state index contributed by atoms with van der Waals surface area (Å²) < 4.78 is 7.17. The van der Waals surface area contributed by atoms with Crippen LogP contribution in [0.25, 0.3) is 0 Å². The standard InChI is InChI=1S/C30H38N8O5/c39-21-27-29(41)30(42)28(40)26(43-27)20-38-19-25(34-35-38)18-37(17-24-9-3-6-12-33-24)14-13-36(15-22-7-1-4-10-31-22)16-23-8-2-5-11-32-23/h1-12,19,26-30,39-42H,13-18,20-21H2/t26-,27?,28+,29+,30+/m1/s1. The Hall–Kier alpha value is -3.69. The van der Waals surface area contributed by atoms with Crippen LogP contribution in [0, 0.1) is 0 Å². The molecule has 0 spiro atoms. The molecule has 4 aromatic heterocycles. The number of hydrogen-bond donors (Lipinski definition) is 4. The van der Waals surface area contributed by atoms with Gasteiger partial charge in [-0.2, -0.15) is 0 Å². The first-order valence-electron chi connectivity index (χ1n) is 14.3. The van der Waals surface area contributed by atoms with Crippen LogP contribution in [-0.4, -0.2) is 110 Å². The Kier molecular flexibility index (Phi) is 10.8. The van der Waals surface area contributed by atoms with Gasteiger partial charge in [0.1, 0.15) is 30.5 Å². The van der Waals surface area contributed by atoms with Crippen molar-refractivity contribution in [3.63, 3.8) is 0 Å². The number of pyridine rings is 3. The number of ether oxygens (including phenoxy) is 1. The molecule has 13 heteroatoms. The second-order valence-corrected chi connectivity index (χ2v) is 10.7. The van der Waals surface area contributed by atoms with Crippen molar-refractivity contribution >= 4 is 0 Å². The molecule has 228 valence electrons. The minimum Gasteiger partial charge on any atom is -0.394 e. The minimum absolute atomic E-state index is 0.0939. The number of aliphatic hydroxyl groups excluding tert-OH is 4. The molecule has 4 aromatic rings. The van der Waals surface area contributed by atoms with Crippen molar-refractivity contribution in [1.29, 1.82) is 0 Å². The highest BCUT2D eigenvalue weighted by Crippen LogP contribution is 2.22. The lowest BCUT2D eigenvalue weighted by Gasteiger charge is -2.39. The third-order valence-electron chi connectivity index (χ3n) is 7.40. The van der Waals surface area contributed by atoms with E-state index in [-0.39, 0.29) is 6.54 Å². The van der Waals surface area contributed by atoms with Gasteiger partial charge < -0.3 is 25.2 Å². The predicted octanol–water partition coefficient (Wildman–Crippen LogP) is 0.0101. The monoisotopic (exact) mass is 590 g/mol. The summed E-state index contributed by atoms with van der Waals surface area (Å²) in [7, 11) is 0. The van der Waals surface area contributed by atoms with Crippen molar-refractivity contribution in [3.8, 4) is 0 Å². The lowest BCUT2D eigenvalue weighted by Crippen LogP contribution is -2.59. The summed E-state index contributed by atoms with van der Waals surface area (Å²) in [5.74, 6) is 0. The summed E-state index contributed by atoms with van der Waals surface area (Å²) in [4.78, 5) is 18.1. The Labute approximate surface area is 250 Å². The maximum absolute atomic E-state index is 10.4. The fourth-order valence-electron chi connectivity index (χ4n) is 5.12. The Morgan fingerprint density at radius 1 is 0.651 bits per heavy atom. The highest BCUT2D eigenvalue weighted by atomic mass is 16.5. The van der Waals surface area contributed by atoms with Gasteiger partial charge in [-0.1, -0.05) is 23.4 Å². The van der Waals surface area contributed by atoms with Crippen molar-refractivity contribution in [2.75, 3.05) is 19.7 Å². The highest BCUT2D eigenvalue weighted by molar-refractivity contribution is 5.07. The molecular weight excluding hydrogens is 552 g/mol. The molecule has 0 aliphatic carbocycles. The van der Waals surface area contributed by atoms with Crippen LogP contribution in [0.5, 0.6) is 0 Å². The van der Waals surface area contributed by atoms with Gasteiger partial charge in [0.15, 0.2) is 0 Å². The molecule has 5 heterocycles. The molecule has 1 fully saturated rings. The zero-order valence-corrected chi connectivity index (χ0v) is 23.8. The number of hydrogen-bond acceptors (Lipinski definition) is 12. The van der Waals surface area contributed by atoms with Gasteiger partial charge in [-0.15, -0.1) is 5.10 Å². The van der Waals surface area contributed by atoms with E-state index < -0.39 is 37.1 Å². The Balaban J connectivity index is 1.27. The first kappa shape index (κ1) is 30.8. The van der Waals surface area contributed by atoms with Crippen LogP contribution in [0.3, 0.4) is 0 Å². The molecule has 0 aromatic carbocycles. The summed E-state index contributed by atoms with van der Waals surface area (Å²) in [6.45, 7) is 3.48. The summed E-state index contributed by atoms with van der Waals surface area (Å²) in [6, 6.07) is 17.7. The van der Waals surface area contributed by atoms with E-state index in [1.165, 1.54) is 4.68 Å². The quantitative estimate of drug-likeness (QED) is 0.156.